The number of carbonyl (C=O) groups is 1. The molecule has 3 heteroatoms. The fraction of sp³-hybridized carbons (Fsp3) is 0.944. The van der Waals surface area contributed by atoms with Crippen LogP contribution in [-0.4, -0.2) is 24.2 Å². The molecule has 2 N–H and O–H groups in total. The number of hydrogen-bond acceptors (Lipinski definition) is 2. The van der Waals surface area contributed by atoms with Crippen molar-refractivity contribution < 1.29 is 9.90 Å². The summed E-state index contributed by atoms with van der Waals surface area (Å²) >= 11 is 0. The molecule has 126 valence electrons. The third-order valence-electron chi connectivity index (χ3n) is 4.09. The van der Waals surface area contributed by atoms with Crippen molar-refractivity contribution in [1.82, 2.24) is 5.32 Å². The topological polar surface area (TPSA) is 49.3 Å². The van der Waals surface area contributed by atoms with Gasteiger partial charge in [-0.15, -0.1) is 0 Å². The smallest absolute Gasteiger partial charge is 0.223 e. The SMILES string of the molecule is CCCCCCCCC(CCCCCC)C(=O)NCCO. The molecule has 3 nitrogen and oxygen atoms in total. The molecule has 0 aromatic rings. The van der Waals surface area contributed by atoms with Gasteiger partial charge in [-0.05, 0) is 12.8 Å². The van der Waals surface area contributed by atoms with E-state index in [4.69, 9.17) is 5.11 Å². The lowest BCUT2D eigenvalue weighted by Gasteiger charge is -2.16. The van der Waals surface area contributed by atoms with E-state index in [0.717, 1.165) is 25.7 Å². The molecule has 1 amide bonds. The summed E-state index contributed by atoms with van der Waals surface area (Å²) in [5.41, 5.74) is 0. The lowest BCUT2D eigenvalue weighted by Crippen LogP contribution is -2.32. The Morgan fingerprint density at radius 1 is 0.857 bits per heavy atom. The maximum atomic E-state index is 12.1. The van der Waals surface area contributed by atoms with E-state index >= 15 is 0 Å². The highest BCUT2D eigenvalue weighted by molar-refractivity contribution is 5.78. The quantitative estimate of drug-likeness (QED) is 0.439. The van der Waals surface area contributed by atoms with Crippen molar-refractivity contribution in [3.8, 4) is 0 Å². The Hall–Kier alpha value is -0.570. The number of unbranched alkanes of at least 4 members (excludes halogenated alkanes) is 8. The van der Waals surface area contributed by atoms with Gasteiger partial charge in [-0.3, -0.25) is 4.79 Å². The van der Waals surface area contributed by atoms with Crippen molar-refractivity contribution in [3.63, 3.8) is 0 Å². The summed E-state index contributed by atoms with van der Waals surface area (Å²) in [7, 11) is 0. The molecule has 0 radical (unpaired) electrons. The summed E-state index contributed by atoms with van der Waals surface area (Å²) in [6, 6.07) is 0. The highest BCUT2D eigenvalue weighted by Crippen LogP contribution is 2.19. The lowest BCUT2D eigenvalue weighted by molar-refractivity contribution is -0.125. The first-order valence-electron chi connectivity index (χ1n) is 9.14. The molecule has 0 aromatic carbocycles. The first kappa shape index (κ1) is 20.4. The Kier molecular flexibility index (Phi) is 15.4. The van der Waals surface area contributed by atoms with E-state index in [1.165, 1.54) is 51.4 Å². The summed E-state index contributed by atoms with van der Waals surface area (Å²) in [6.45, 7) is 4.87. The second kappa shape index (κ2) is 15.8. The zero-order valence-electron chi connectivity index (χ0n) is 14.3. The van der Waals surface area contributed by atoms with Crippen LogP contribution >= 0.6 is 0 Å². The van der Waals surface area contributed by atoms with Gasteiger partial charge in [0.2, 0.25) is 5.91 Å². The second-order valence-corrected chi connectivity index (χ2v) is 6.12. The number of nitrogens with one attached hydrogen (secondary N) is 1. The predicted octanol–water partition coefficient (Wildman–Crippen LogP) is 4.43. The van der Waals surface area contributed by atoms with Gasteiger partial charge in [0.05, 0.1) is 6.61 Å². The molecule has 1 atom stereocenters. The van der Waals surface area contributed by atoms with Gasteiger partial charge >= 0.3 is 0 Å². The summed E-state index contributed by atoms with van der Waals surface area (Å²) in [5, 5.41) is 11.7. The molecule has 1 unspecified atom stereocenters. The Labute approximate surface area is 131 Å². The molecule has 0 saturated heterocycles. The van der Waals surface area contributed by atoms with Crippen LogP contribution in [0.2, 0.25) is 0 Å². The van der Waals surface area contributed by atoms with E-state index in [1.807, 2.05) is 0 Å². The van der Waals surface area contributed by atoms with Crippen LogP contribution in [0, 0.1) is 5.92 Å². The van der Waals surface area contributed by atoms with Crippen LogP contribution in [0.15, 0.2) is 0 Å². The molecular weight excluding hydrogens is 262 g/mol. The Morgan fingerprint density at radius 3 is 1.86 bits per heavy atom. The van der Waals surface area contributed by atoms with E-state index < -0.39 is 0 Å². The number of aliphatic hydroxyl groups excluding tert-OH is 1. The number of hydrogen-bond donors (Lipinski definition) is 2. The van der Waals surface area contributed by atoms with Crippen LogP contribution in [0.1, 0.15) is 90.9 Å². The van der Waals surface area contributed by atoms with Crippen LogP contribution in [0.5, 0.6) is 0 Å². The van der Waals surface area contributed by atoms with Gasteiger partial charge in [-0.25, -0.2) is 0 Å². The van der Waals surface area contributed by atoms with Crippen molar-refractivity contribution in [2.75, 3.05) is 13.2 Å². The van der Waals surface area contributed by atoms with Crippen molar-refractivity contribution in [2.24, 2.45) is 5.92 Å². The Balaban J connectivity index is 3.91. The molecule has 0 rings (SSSR count). The normalized spacial score (nSPS) is 12.3. The molecule has 21 heavy (non-hydrogen) atoms. The summed E-state index contributed by atoms with van der Waals surface area (Å²) in [4.78, 5) is 12.1. The fourth-order valence-corrected chi connectivity index (χ4v) is 2.72. The maximum absolute atomic E-state index is 12.1. The third-order valence-corrected chi connectivity index (χ3v) is 4.09. The molecular formula is C18H37NO2. The molecule has 0 heterocycles. The largest absolute Gasteiger partial charge is 0.395 e. The number of carbonyl (C=O) groups excluding carboxylic acids is 1. The van der Waals surface area contributed by atoms with Gasteiger partial charge in [0, 0.05) is 12.5 Å². The highest BCUT2D eigenvalue weighted by Gasteiger charge is 2.17. The van der Waals surface area contributed by atoms with Gasteiger partial charge in [0.25, 0.3) is 0 Å². The van der Waals surface area contributed by atoms with Crippen molar-refractivity contribution in [3.05, 3.63) is 0 Å². The number of amides is 1. The molecule has 0 aliphatic heterocycles. The van der Waals surface area contributed by atoms with Crippen LogP contribution in [0.3, 0.4) is 0 Å². The predicted molar refractivity (Wildman–Crippen MR) is 90.3 cm³/mol. The van der Waals surface area contributed by atoms with E-state index in [1.54, 1.807) is 0 Å². The van der Waals surface area contributed by atoms with E-state index in [0.29, 0.717) is 6.54 Å². The molecule has 0 aliphatic carbocycles. The number of aliphatic hydroxyl groups is 1. The minimum Gasteiger partial charge on any atom is -0.395 e. The third kappa shape index (κ3) is 12.9. The summed E-state index contributed by atoms with van der Waals surface area (Å²) in [6.07, 6.45) is 14.6. The Morgan fingerprint density at radius 2 is 1.33 bits per heavy atom. The average molecular weight is 299 g/mol. The lowest BCUT2D eigenvalue weighted by atomic mass is 9.93. The molecule has 0 saturated carbocycles. The molecule has 0 aromatic heterocycles. The van der Waals surface area contributed by atoms with E-state index in [9.17, 15) is 4.79 Å². The fourth-order valence-electron chi connectivity index (χ4n) is 2.72. The standard InChI is InChI=1S/C18H37NO2/c1-3-5-7-9-10-12-14-17(13-11-8-6-4-2)18(21)19-15-16-20/h17,20H,3-16H2,1-2H3,(H,19,21). The highest BCUT2D eigenvalue weighted by atomic mass is 16.3. The van der Waals surface area contributed by atoms with Gasteiger partial charge in [0.1, 0.15) is 0 Å². The van der Waals surface area contributed by atoms with Gasteiger partial charge in [-0.1, -0.05) is 78.1 Å². The summed E-state index contributed by atoms with van der Waals surface area (Å²) < 4.78 is 0. The average Bonchev–Trinajstić information content (AvgIpc) is 2.50. The van der Waals surface area contributed by atoms with Crippen molar-refractivity contribution >= 4 is 5.91 Å². The van der Waals surface area contributed by atoms with Crippen molar-refractivity contribution in [1.29, 1.82) is 0 Å². The van der Waals surface area contributed by atoms with Gasteiger partial charge in [-0.2, -0.15) is 0 Å². The first-order valence-corrected chi connectivity index (χ1v) is 9.14. The monoisotopic (exact) mass is 299 g/mol. The van der Waals surface area contributed by atoms with Gasteiger partial charge in [0.15, 0.2) is 0 Å². The van der Waals surface area contributed by atoms with E-state index in [2.05, 4.69) is 19.2 Å². The van der Waals surface area contributed by atoms with Crippen LogP contribution < -0.4 is 5.32 Å². The zero-order valence-corrected chi connectivity index (χ0v) is 14.3. The molecule has 0 fully saturated rings. The molecule has 0 aliphatic rings. The van der Waals surface area contributed by atoms with Crippen LogP contribution in [0.4, 0.5) is 0 Å². The van der Waals surface area contributed by atoms with Crippen LogP contribution in [-0.2, 0) is 4.79 Å². The second-order valence-electron chi connectivity index (χ2n) is 6.12. The van der Waals surface area contributed by atoms with Crippen molar-refractivity contribution in [2.45, 2.75) is 90.9 Å². The maximum Gasteiger partial charge on any atom is 0.223 e. The van der Waals surface area contributed by atoms with Gasteiger partial charge < -0.3 is 10.4 Å². The van der Waals surface area contributed by atoms with Crippen LogP contribution in [0.25, 0.3) is 0 Å². The number of rotatable bonds is 15. The zero-order chi connectivity index (χ0) is 15.8. The summed E-state index contributed by atoms with van der Waals surface area (Å²) in [5.74, 6) is 0.300. The Bertz CT molecular complexity index is 231. The first-order chi connectivity index (χ1) is 10.3. The van der Waals surface area contributed by atoms with E-state index in [-0.39, 0.29) is 18.4 Å². The minimum absolute atomic E-state index is 0.0330. The molecule has 0 spiro atoms. The molecule has 0 bridgehead atoms. The minimum atomic E-state index is 0.0330.